The first-order valence-corrected chi connectivity index (χ1v) is 8.99. The van der Waals surface area contributed by atoms with Gasteiger partial charge in [0, 0.05) is 0 Å². The standard InChI is InChI=1S/C18H38O/c1-3-5-7-9-11-13-15-17-18(19)16-14-12-10-8-6-4-2/h18-19H,3-17H2,1-2H3. The summed E-state index contributed by atoms with van der Waals surface area (Å²) in [6.45, 7) is 4.52. The van der Waals surface area contributed by atoms with Gasteiger partial charge >= 0.3 is 0 Å². The van der Waals surface area contributed by atoms with Gasteiger partial charge in [-0.1, -0.05) is 97.3 Å². The van der Waals surface area contributed by atoms with Crippen LogP contribution < -0.4 is 0 Å². The predicted molar refractivity (Wildman–Crippen MR) is 86.6 cm³/mol. The summed E-state index contributed by atoms with van der Waals surface area (Å²) in [5, 5.41) is 9.89. The van der Waals surface area contributed by atoms with Crippen molar-refractivity contribution in [3.8, 4) is 0 Å². The Balaban J connectivity index is 3.10. The molecule has 0 aliphatic carbocycles. The molecule has 0 aromatic carbocycles. The molecule has 0 aromatic rings. The third kappa shape index (κ3) is 15.9. The van der Waals surface area contributed by atoms with Crippen molar-refractivity contribution in [2.75, 3.05) is 0 Å². The van der Waals surface area contributed by atoms with E-state index >= 15 is 0 Å². The van der Waals surface area contributed by atoms with Crippen LogP contribution >= 0.6 is 0 Å². The minimum Gasteiger partial charge on any atom is -0.393 e. The van der Waals surface area contributed by atoms with E-state index in [1.807, 2.05) is 0 Å². The fraction of sp³-hybridized carbons (Fsp3) is 1.00. The van der Waals surface area contributed by atoms with Crippen molar-refractivity contribution in [3.63, 3.8) is 0 Å². The molecule has 0 aromatic heterocycles. The minimum atomic E-state index is -0.0261. The molecule has 1 unspecified atom stereocenters. The molecule has 0 spiro atoms. The SMILES string of the molecule is CCCCCCCCCC(O)CCCCCCCC. The lowest BCUT2D eigenvalue weighted by atomic mass is 10.0. The van der Waals surface area contributed by atoms with Crippen LogP contribution in [-0.2, 0) is 0 Å². The van der Waals surface area contributed by atoms with Gasteiger partial charge < -0.3 is 5.11 Å². The van der Waals surface area contributed by atoms with Crippen LogP contribution in [0.4, 0.5) is 0 Å². The van der Waals surface area contributed by atoms with Crippen molar-refractivity contribution < 1.29 is 5.11 Å². The van der Waals surface area contributed by atoms with E-state index in [9.17, 15) is 5.11 Å². The van der Waals surface area contributed by atoms with Crippen LogP contribution in [0, 0.1) is 0 Å². The maximum Gasteiger partial charge on any atom is 0.0540 e. The van der Waals surface area contributed by atoms with Gasteiger partial charge in [-0.3, -0.25) is 0 Å². The molecule has 0 bridgehead atoms. The Morgan fingerprint density at radius 3 is 1.21 bits per heavy atom. The molecule has 0 heterocycles. The summed E-state index contributed by atoms with van der Waals surface area (Å²) in [6, 6.07) is 0. The first kappa shape index (κ1) is 19.0. The monoisotopic (exact) mass is 270 g/mol. The summed E-state index contributed by atoms with van der Waals surface area (Å²) in [5.74, 6) is 0. The van der Waals surface area contributed by atoms with Gasteiger partial charge in [0.05, 0.1) is 6.10 Å². The maximum absolute atomic E-state index is 9.89. The zero-order valence-electron chi connectivity index (χ0n) is 13.6. The maximum atomic E-state index is 9.89. The normalized spacial score (nSPS) is 12.8. The van der Waals surface area contributed by atoms with Crippen molar-refractivity contribution in [1.29, 1.82) is 0 Å². The number of aliphatic hydroxyl groups is 1. The first-order chi connectivity index (χ1) is 9.31. The average Bonchev–Trinajstić information content (AvgIpc) is 2.41. The highest BCUT2D eigenvalue weighted by molar-refractivity contribution is 4.57. The minimum absolute atomic E-state index is 0.0261. The van der Waals surface area contributed by atoms with E-state index in [2.05, 4.69) is 13.8 Å². The molecular formula is C18H38O. The topological polar surface area (TPSA) is 20.2 Å². The summed E-state index contributed by atoms with van der Waals surface area (Å²) in [5.41, 5.74) is 0. The van der Waals surface area contributed by atoms with E-state index in [1.54, 1.807) is 0 Å². The quantitative estimate of drug-likeness (QED) is 0.349. The molecule has 0 amide bonds. The Morgan fingerprint density at radius 1 is 0.526 bits per heavy atom. The van der Waals surface area contributed by atoms with Gasteiger partial charge in [-0.2, -0.15) is 0 Å². The molecule has 0 saturated carbocycles. The van der Waals surface area contributed by atoms with Crippen LogP contribution in [0.3, 0.4) is 0 Å². The molecule has 0 saturated heterocycles. The number of unbranched alkanes of at least 4 members (excludes halogenated alkanes) is 11. The Hall–Kier alpha value is -0.0400. The summed E-state index contributed by atoms with van der Waals surface area (Å²) < 4.78 is 0. The summed E-state index contributed by atoms with van der Waals surface area (Å²) >= 11 is 0. The van der Waals surface area contributed by atoms with Gasteiger partial charge in [0.1, 0.15) is 0 Å². The smallest absolute Gasteiger partial charge is 0.0540 e. The van der Waals surface area contributed by atoms with E-state index in [-0.39, 0.29) is 6.10 Å². The summed E-state index contributed by atoms with van der Waals surface area (Å²) in [6.07, 6.45) is 19.4. The molecule has 1 nitrogen and oxygen atoms in total. The summed E-state index contributed by atoms with van der Waals surface area (Å²) in [4.78, 5) is 0. The lowest BCUT2D eigenvalue weighted by molar-refractivity contribution is 0.147. The van der Waals surface area contributed by atoms with E-state index in [0.717, 1.165) is 12.8 Å². The lowest BCUT2D eigenvalue weighted by Gasteiger charge is -2.10. The van der Waals surface area contributed by atoms with E-state index in [1.165, 1.54) is 83.5 Å². The third-order valence-corrected chi connectivity index (χ3v) is 4.03. The Kier molecular flexibility index (Phi) is 16.0. The Labute approximate surface area is 122 Å². The van der Waals surface area contributed by atoms with Gasteiger partial charge in [-0.05, 0) is 12.8 Å². The molecule has 0 radical (unpaired) electrons. The van der Waals surface area contributed by atoms with Crippen molar-refractivity contribution in [1.82, 2.24) is 0 Å². The molecule has 1 atom stereocenters. The fourth-order valence-corrected chi connectivity index (χ4v) is 2.64. The van der Waals surface area contributed by atoms with E-state index in [0.29, 0.717) is 0 Å². The second-order valence-electron chi connectivity index (χ2n) is 6.12. The number of hydrogen-bond donors (Lipinski definition) is 1. The van der Waals surface area contributed by atoms with Crippen molar-refractivity contribution in [2.45, 2.75) is 116 Å². The van der Waals surface area contributed by atoms with Crippen LogP contribution in [0.5, 0.6) is 0 Å². The third-order valence-electron chi connectivity index (χ3n) is 4.03. The van der Waals surface area contributed by atoms with E-state index < -0.39 is 0 Å². The van der Waals surface area contributed by atoms with Crippen LogP contribution in [0.1, 0.15) is 110 Å². The van der Waals surface area contributed by atoms with Crippen LogP contribution in [0.25, 0.3) is 0 Å². The predicted octanol–water partition coefficient (Wildman–Crippen LogP) is 6.24. The molecule has 19 heavy (non-hydrogen) atoms. The number of rotatable bonds is 15. The fourth-order valence-electron chi connectivity index (χ4n) is 2.64. The van der Waals surface area contributed by atoms with Gasteiger partial charge in [-0.25, -0.2) is 0 Å². The van der Waals surface area contributed by atoms with Crippen LogP contribution in [0.15, 0.2) is 0 Å². The molecular weight excluding hydrogens is 232 g/mol. The molecule has 0 rings (SSSR count). The van der Waals surface area contributed by atoms with Crippen molar-refractivity contribution >= 4 is 0 Å². The van der Waals surface area contributed by atoms with Gasteiger partial charge in [0.15, 0.2) is 0 Å². The van der Waals surface area contributed by atoms with Gasteiger partial charge in [0.2, 0.25) is 0 Å². The van der Waals surface area contributed by atoms with Gasteiger partial charge in [-0.15, -0.1) is 0 Å². The number of aliphatic hydroxyl groups excluding tert-OH is 1. The van der Waals surface area contributed by atoms with Crippen LogP contribution in [-0.4, -0.2) is 11.2 Å². The Morgan fingerprint density at radius 2 is 0.842 bits per heavy atom. The lowest BCUT2D eigenvalue weighted by Crippen LogP contribution is -2.05. The van der Waals surface area contributed by atoms with Crippen molar-refractivity contribution in [2.24, 2.45) is 0 Å². The number of hydrogen-bond acceptors (Lipinski definition) is 1. The summed E-state index contributed by atoms with van der Waals surface area (Å²) in [7, 11) is 0. The largest absolute Gasteiger partial charge is 0.393 e. The van der Waals surface area contributed by atoms with Gasteiger partial charge in [0.25, 0.3) is 0 Å². The average molecular weight is 271 g/mol. The highest BCUT2D eigenvalue weighted by Crippen LogP contribution is 2.14. The molecule has 116 valence electrons. The molecule has 0 fully saturated rings. The molecule has 1 heteroatoms. The second kappa shape index (κ2) is 16.0. The Bertz CT molecular complexity index is 156. The van der Waals surface area contributed by atoms with E-state index in [4.69, 9.17) is 0 Å². The first-order valence-electron chi connectivity index (χ1n) is 8.99. The molecule has 1 N–H and O–H groups in total. The zero-order chi connectivity index (χ0) is 14.2. The molecule has 0 aliphatic rings. The highest BCUT2D eigenvalue weighted by Gasteiger charge is 2.03. The van der Waals surface area contributed by atoms with Crippen molar-refractivity contribution in [3.05, 3.63) is 0 Å². The second-order valence-corrected chi connectivity index (χ2v) is 6.12. The molecule has 0 aliphatic heterocycles. The van der Waals surface area contributed by atoms with Crippen LogP contribution in [0.2, 0.25) is 0 Å². The zero-order valence-corrected chi connectivity index (χ0v) is 13.6. The highest BCUT2D eigenvalue weighted by atomic mass is 16.3.